The molecule has 3 aromatic carbocycles. The molecule has 0 unspecified atom stereocenters. The summed E-state index contributed by atoms with van der Waals surface area (Å²) in [6, 6.07) is 22.1. The van der Waals surface area contributed by atoms with Crippen LogP contribution in [-0.2, 0) is 9.59 Å². The van der Waals surface area contributed by atoms with Crippen LogP contribution < -0.4 is 14.9 Å². The van der Waals surface area contributed by atoms with Crippen LogP contribution in [0.25, 0.3) is 0 Å². The standard InChI is InChI=1S/C24H22N2O4/c1-16-5-4-6-21(15-16)25-26-24(19-7-11-22(12-8-19)29-17(2)27)20-9-13-23(14-10-20)30-18(3)28/h4-15,25H,1-3H3. The fraction of sp³-hybridized carbons (Fsp3) is 0.125. The van der Waals surface area contributed by atoms with Gasteiger partial charge in [-0.1, -0.05) is 12.1 Å². The van der Waals surface area contributed by atoms with Gasteiger partial charge >= 0.3 is 11.9 Å². The Kier molecular flexibility index (Phi) is 6.60. The number of hydrogen-bond donors (Lipinski definition) is 1. The number of hydrogen-bond acceptors (Lipinski definition) is 6. The van der Waals surface area contributed by atoms with Crippen molar-refractivity contribution in [2.75, 3.05) is 5.43 Å². The lowest BCUT2D eigenvalue weighted by Gasteiger charge is -2.11. The van der Waals surface area contributed by atoms with Gasteiger partial charge in [-0.2, -0.15) is 5.10 Å². The van der Waals surface area contributed by atoms with E-state index in [1.165, 1.54) is 13.8 Å². The van der Waals surface area contributed by atoms with Crippen molar-refractivity contribution in [2.45, 2.75) is 20.8 Å². The first-order valence-electron chi connectivity index (χ1n) is 9.39. The Balaban J connectivity index is 1.94. The normalized spacial score (nSPS) is 10.1. The lowest BCUT2D eigenvalue weighted by atomic mass is 10.0. The third kappa shape index (κ3) is 5.78. The van der Waals surface area contributed by atoms with Crippen molar-refractivity contribution in [1.82, 2.24) is 0 Å². The predicted octanol–water partition coefficient (Wildman–Crippen LogP) is 4.71. The van der Waals surface area contributed by atoms with Crippen LogP contribution in [-0.4, -0.2) is 17.7 Å². The molecule has 0 bridgehead atoms. The lowest BCUT2D eigenvalue weighted by molar-refractivity contribution is -0.132. The zero-order valence-corrected chi connectivity index (χ0v) is 17.0. The first kappa shape index (κ1) is 20.8. The van der Waals surface area contributed by atoms with Crippen molar-refractivity contribution in [3.05, 3.63) is 89.5 Å². The smallest absolute Gasteiger partial charge is 0.308 e. The van der Waals surface area contributed by atoms with Crippen molar-refractivity contribution in [2.24, 2.45) is 5.10 Å². The Morgan fingerprint density at radius 3 is 1.70 bits per heavy atom. The van der Waals surface area contributed by atoms with Crippen molar-refractivity contribution in [1.29, 1.82) is 0 Å². The number of hydrazone groups is 1. The van der Waals surface area contributed by atoms with Gasteiger partial charge < -0.3 is 9.47 Å². The third-order valence-electron chi connectivity index (χ3n) is 4.09. The van der Waals surface area contributed by atoms with Crippen LogP contribution in [0.5, 0.6) is 11.5 Å². The minimum atomic E-state index is -0.376. The van der Waals surface area contributed by atoms with Crippen LogP contribution in [0, 0.1) is 6.92 Å². The monoisotopic (exact) mass is 402 g/mol. The summed E-state index contributed by atoms with van der Waals surface area (Å²) < 4.78 is 10.2. The summed E-state index contributed by atoms with van der Waals surface area (Å²) in [6.07, 6.45) is 0. The van der Waals surface area contributed by atoms with Crippen molar-refractivity contribution in [3.8, 4) is 11.5 Å². The number of ether oxygens (including phenoxy) is 2. The van der Waals surface area contributed by atoms with E-state index in [2.05, 4.69) is 10.5 Å². The van der Waals surface area contributed by atoms with Crippen LogP contribution in [0.2, 0.25) is 0 Å². The molecule has 6 nitrogen and oxygen atoms in total. The second kappa shape index (κ2) is 9.52. The molecule has 152 valence electrons. The Hall–Kier alpha value is -3.93. The maximum Gasteiger partial charge on any atom is 0.308 e. The molecule has 3 aromatic rings. The van der Waals surface area contributed by atoms with Crippen LogP contribution in [0.1, 0.15) is 30.5 Å². The highest BCUT2D eigenvalue weighted by molar-refractivity contribution is 6.13. The highest BCUT2D eigenvalue weighted by Gasteiger charge is 2.10. The molecule has 0 radical (unpaired) electrons. The summed E-state index contributed by atoms with van der Waals surface area (Å²) in [7, 11) is 0. The average Bonchev–Trinajstić information content (AvgIpc) is 2.70. The maximum absolute atomic E-state index is 11.2. The van der Waals surface area contributed by atoms with Gasteiger partial charge in [-0.3, -0.25) is 15.0 Å². The number of esters is 2. The van der Waals surface area contributed by atoms with E-state index in [4.69, 9.17) is 9.47 Å². The summed E-state index contributed by atoms with van der Waals surface area (Å²) >= 11 is 0. The molecule has 0 heterocycles. The molecular weight excluding hydrogens is 380 g/mol. The molecule has 0 saturated heterocycles. The number of anilines is 1. The van der Waals surface area contributed by atoms with E-state index in [1.807, 2.05) is 55.5 Å². The van der Waals surface area contributed by atoms with Gasteiger partial charge in [0.2, 0.25) is 0 Å². The Labute approximate surface area is 175 Å². The van der Waals surface area contributed by atoms with Gasteiger partial charge in [-0.05, 0) is 73.2 Å². The molecule has 0 aliphatic rings. The van der Waals surface area contributed by atoms with Crippen molar-refractivity contribution in [3.63, 3.8) is 0 Å². The Morgan fingerprint density at radius 1 is 0.767 bits per heavy atom. The first-order valence-corrected chi connectivity index (χ1v) is 9.39. The molecule has 3 rings (SSSR count). The van der Waals surface area contributed by atoms with Gasteiger partial charge in [0.25, 0.3) is 0 Å². The van der Waals surface area contributed by atoms with Crippen molar-refractivity contribution < 1.29 is 19.1 Å². The second-order valence-corrected chi connectivity index (χ2v) is 6.68. The van der Waals surface area contributed by atoms with Crippen LogP contribution >= 0.6 is 0 Å². The molecule has 0 spiro atoms. The fourth-order valence-corrected chi connectivity index (χ4v) is 2.82. The van der Waals surface area contributed by atoms with E-state index >= 15 is 0 Å². The SMILES string of the molecule is CC(=O)Oc1ccc(C(=NNc2cccc(C)c2)c2ccc(OC(C)=O)cc2)cc1. The fourth-order valence-electron chi connectivity index (χ4n) is 2.82. The van der Waals surface area contributed by atoms with E-state index < -0.39 is 0 Å². The topological polar surface area (TPSA) is 77.0 Å². The molecular formula is C24H22N2O4. The second-order valence-electron chi connectivity index (χ2n) is 6.68. The van der Waals surface area contributed by atoms with Crippen LogP contribution in [0.15, 0.2) is 77.9 Å². The number of aryl methyl sites for hydroxylation is 1. The zero-order chi connectivity index (χ0) is 21.5. The Morgan fingerprint density at radius 2 is 1.27 bits per heavy atom. The van der Waals surface area contributed by atoms with Crippen LogP contribution in [0.3, 0.4) is 0 Å². The van der Waals surface area contributed by atoms with E-state index in [1.54, 1.807) is 24.3 Å². The van der Waals surface area contributed by atoms with E-state index in [9.17, 15) is 9.59 Å². The van der Waals surface area contributed by atoms with Gasteiger partial charge in [0, 0.05) is 25.0 Å². The van der Waals surface area contributed by atoms with Crippen LogP contribution in [0.4, 0.5) is 5.69 Å². The Bertz CT molecular complexity index is 1010. The van der Waals surface area contributed by atoms with E-state index in [0.29, 0.717) is 17.2 Å². The number of rotatable bonds is 6. The number of nitrogens with zero attached hydrogens (tertiary/aromatic N) is 1. The molecule has 0 amide bonds. The number of carbonyl (C=O) groups excluding carboxylic acids is 2. The van der Waals surface area contributed by atoms with Gasteiger partial charge in [0.05, 0.1) is 11.4 Å². The highest BCUT2D eigenvalue weighted by Crippen LogP contribution is 2.20. The summed E-state index contributed by atoms with van der Waals surface area (Å²) in [5.74, 6) is 0.169. The molecule has 0 fully saturated rings. The minimum absolute atomic E-state index is 0.376. The van der Waals surface area contributed by atoms with E-state index in [-0.39, 0.29) is 11.9 Å². The quantitative estimate of drug-likeness (QED) is 0.280. The molecule has 0 aliphatic carbocycles. The van der Waals surface area contributed by atoms with Crippen molar-refractivity contribution >= 4 is 23.3 Å². The average molecular weight is 402 g/mol. The van der Waals surface area contributed by atoms with Gasteiger partial charge in [-0.25, -0.2) is 0 Å². The molecule has 0 aromatic heterocycles. The maximum atomic E-state index is 11.2. The largest absolute Gasteiger partial charge is 0.427 e. The van der Waals surface area contributed by atoms with Gasteiger partial charge in [0.15, 0.2) is 0 Å². The number of benzene rings is 3. The lowest BCUT2D eigenvalue weighted by Crippen LogP contribution is -2.08. The third-order valence-corrected chi connectivity index (χ3v) is 4.09. The number of nitrogens with one attached hydrogen (secondary N) is 1. The summed E-state index contributed by atoms with van der Waals surface area (Å²) in [5.41, 5.74) is 7.41. The van der Waals surface area contributed by atoms with E-state index in [0.717, 1.165) is 22.4 Å². The molecule has 0 atom stereocenters. The molecule has 6 heteroatoms. The molecule has 0 aliphatic heterocycles. The van der Waals surface area contributed by atoms with Gasteiger partial charge in [0.1, 0.15) is 11.5 Å². The summed E-state index contributed by atoms with van der Waals surface area (Å²) in [5, 5.41) is 4.61. The predicted molar refractivity (Wildman–Crippen MR) is 116 cm³/mol. The molecule has 30 heavy (non-hydrogen) atoms. The summed E-state index contributed by atoms with van der Waals surface area (Å²) in [4.78, 5) is 22.3. The molecule has 0 saturated carbocycles. The first-order chi connectivity index (χ1) is 14.4. The number of carbonyl (C=O) groups is 2. The van der Waals surface area contributed by atoms with Gasteiger partial charge in [-0.15, -0.1) is 0 Å². The highest BCUT2D eigenvalue weighted by atomic mass is 16.5. The minimum Gasteiger partial charge on any atom is -0.427 e. The molecule has 1 N–H and O–H groups in total. The zero-order valence-electron chi connectivity index (χ0n) is 17.0. The summed E-state index contributed by atoms with van der Waals surface area (Å²) in [6.45, 7) is 4.73.